The largest absolute Gasteiger partial charge is 0.497 e. The average Bonchev–Trinajstić information content (AvgIpc) is 3.54. The first-order valence-electron chi connectivity index (χ1n) is 16.5. The van der Waals surface area contributed by atoms with Crippen molar-refractivity contribution in [1.82, 2.24) is 4.90 Å². The van der Waals surface area contributed by atoms with Gasteiger partial charge in [-0.15, -0.1) is 0 Å². The number of amides is 2. The Morgan fingerprint density at radius 2 is 1.60 bits per heavy atom. The van der Waals surface area contributed by atoms with Crippen LogP contribution in [-0.4, -0.2) is 47.7 Å². The number of nitrogens with zero attached hydrogens (tertiary/aromatic N) is 2. The molecule has 1 fully saturated rings. The SMILES string of the molecule is COc1ccc(C(C)(C)[C@H]2[C@H](CC(=O)N3Cc4ccccc4C[C@H]3CO)O[C@@]3(C(=O)N(c4ccccc4)c4ccccc43)[C@@H]2C)cc1. The van der Waals surface area contributed by atoms with Crippen LogP contribution in [0.3, 0.4) is 0 Å². The second kappa shape index (κ2) is 12.0. The summed E-state index contributed by atoms with van der Waals surface area (Å²) in [7, 11) is 1.65. The van der Waals surface area contributed by atoms with Crippen LogP contribution in [0.4, 0.5) is 11.4 Å². The fourth-order valence-corrected chi connectivity index (χ4v) is 8.56. The Kier molecular flexibility index (Phi) is 7.93. The number of carbonyl (C=O) groups is 2. The summed E-state index contributed by atoms with van der Waals surface area (Å²) in [5.74, 6) is 0.0556. The minimum absolute atomic E-state index is 0.0815. The molecule has 0 aromatic heterocycles. The van der Waals surface area contributed by atoms with Crippen molar-refractivity contribution in [1.29, 1.82) is 0 Å². The van der Waals surface area contributed by atoms with Gasteiger partial charge in [0.2, 0.25) is 5.91 Å². The molecule has 0 aliphatic carbocycles. The number of para-hydroxylation sites is 2. The van der Waals surface area contributed by atoms with Gasteiger partial charge in [-0.25, -0.2) is 0 Å². The zero-order valence-electron chi connectivity index (χ0n) is 27.4. The van der Waals surface area contributed by atoms with E-state index in [0.29, 0.717) is 13.0 Å². The summed E-state index contributed by atoms with van der Waals surface area (Å²) in [4.78, 5) is 32.9. The van der Waals surface area contributed by atoms with Gasteiger partial charge >= 0.3 is 0 Å². The van der Waals surface area contributed by atoms with Crippen LogP contribution in [-0.2, 0) is 38.3 Å². The Hall–Kier alpha value is -4.46. The molecule has 0 saturated carbocycles. The normalized spacial score (nSPS) is 25.2. The third-order valence-corrected chi connectivity index (χ3v) is 10.9. The molecule has 1 spiro atoms. The lowest BCUT2D eigenvalue weighted by Crippen LogP contribution is -2.48. The summed E-state index contributed by atoms with van der Waals surface area (Å²) in [6.45, 7) is 6.79. The van der Waals surface area contributed by atoms with E-state index in [2.05, 4.69) is 39.0 Å². The van der Waals surface area contributed by atoms with E-state index in [-0.39, 0.29) is 42.7 Å². The molecule has 7 rings (SSSR count). The molecule has 7 nitrogen and oxygen atoms in total. The lowest BCUT2D eigenvalue weighted by molar-refractivity contribution is -0.150. The monoisotopic (exact) mass is 630 g/mol. The highest BCUT2D eigenvalue weighted by Gasteiger charge is 2.66. The number of benzene rings is 4. The van der Waals surface area contributed by atoms with Crippen LogP contribution in [0.1, 0.15) is 49.4 Å². The van der Waals surface area contributed by atoms with Gasteiger partial charge in [0.25, 0.3) is 5.91 Å². The van der Waals surface area contributed by atoms with Crippen molar-refractivity contribution in [3.05, 3.63) is 125 Å². The summed E-state index contributed by atoms with van der Waals surface area (Å²) < 4.78 is 12.6. The van der Waals surface area contributed by atoms with Gasteiger partial charge in [0, 0.05) is 29.6 Å². The molecule has 0 unspecified atom stereocenters. The highest BCUT2D eigenvalue weighted by atomic mass is 16.5. The van der Waals surface area contributed by atoms with E-state index in [0.717, 1.165) is 39.4 Å². The van der Waals surface area contributed by atoms with Crippen molar-refractivity contribution in [2.45, 2.75) is 63.3 Å². The molecule has 47 heavy (non-hydrogen) atoms. The summed E-state index contributed by atoms with van der Waals surface area (Å²) in [5, 5.41) is 10.4. The summed E-state index contributed by atoms with van der Waals surface area (Å²) >= 11 is 0. The molecule has 5 atom stereocenters. The fraction of sp³-hybridized carbons (Fsp3) is 0.350. The van der Waals surface area contributed by atoms with Gasteiger partial charge < -0.3 is 19.5 Å². The van der Waals surface area contributed by atoms with Gasteiger partial charge in [-0.2, -0.15) is 0 Å². The van der Waals surface area contributed by atoms with Gasteiger partial charge in [0.05, 0.1) is 38.0 Å². The standard InChI is InChI=1S/C40H42N2O5/c1-26-37(39(2,3)29-18-20-32(46-4)21-19-29)35(23-36(44)41-24-28-13-9-8-12-27(28)22-31(41)25-43)47-40(26)33-16-10-11-17-34(33)42(38(40)45)30-14-6-5-7-15-30/h5-21,26,31,35,37,43H,22-25H2,1-4H3/t26-,31+,35+,37-,40+/m1/s1. The van der Waals surface area contributed by atoms with Gasteiger partial charge in [0.1, 0.15) is 5.75 Å². The quantitative estimate of drug-likeness (QED) is 0.251. The van der Waals surface area contributed by atoms with Gasteiger partial charge in [-0.1, -0.05) is 93.6 Å². The molecule has 2 amide bonds. The van der Waals surface area contributed by atoms with Gasteiger partial charge in [-0.3, -0.25) is 14.5 Å². The lowest BCUT2D eigenvalue weighted by atomic mass is 9.63. The first kappa shape index (κ1) is 31.2. The molecule has 1 saturated heterocycles. The van der Waals surface area contributed by atoms with Crippen LogP contribution in [0.15, 0.2) is 103 Å². The number of aliphatic hydroxyl groups excluding tert-OH is 1. The Balaban J connectivity index is 1.31. The lowest BCUT2D eigenvalue weighted by Gasteiger charge is -2.40. The summed E-state index contributed by atoms with van der Waals surface area (Å²) in [6.07, 6.45) is 0.123. The minimum atomic E-state index is -1.28. The van der Waals surface area contributed by atoms with Crippen LogP contribution in [0.5, 0.6) is 5.75 Å². The van der Waals surface area contributed by atoms with Crippen molar-refractivity contribution < 1.29 is 24.2 Å². The number of methoxy groups -OCH3 is 1. The van der Waals surface area contributed by atoms with Crippen molar-refractivity contribution in [2.75, 3.05) is 18.6 Å². The van der Waals surface area contributed by atoms with E-state index in [1.165, 1.54) is 0 Å². The van der Waals surface area contributed by atoms with Gasteiger partial charge in [-0.05, 0) is 58.9 Å². The summed E-state index contributed by atoms with van der Waals surface area (Å²) in [5.41, 5.74) is 3.97. The zero-order valence-corrected chi connectivity index (χ0v) is 27.4. The van der Waals surface area contributed by atoms with Gasteiger partial charge in [0.15, 0.2) is 5.60 Å². The molecular formula is C40H42N2O5. The van der Waals surface area contributed by atoms with Crippen LogP contribution in [0.2, 0.25) is 0 Å². The van der Waals surface area contributed by atoms with Crippen molar-refractivity contribution in [3.63, 3.8) is 0 Å². The zero-order chi connectivity index (χ0) is 32.9. The van der Waals surface area contributed by atoms with E-state index >= 15 is 0 Å². The van der Waals surface area contributed by atoms with Crippen LogP contribution in [0, 0.1) is 11.8 Å². The molecule has 242 valence electrons. The number of aliphatic hydroxyl groups is 1. The maximum atomic E-state index is 14.9. The van der Waals surface area contributed by atoms with Crippen molar-refractivity contribution >= 4 is 23.2 Å². The number of anilines is 2. The Morgan fingerprint density at radius 3 is 2.30 bits per heavy atom. The topological polar surface area (TPSA) is 79.3 Å². The third-order valence-electron chi connectivity index (χ3n) is 10.9. The van der Waals surface area contributed by atoms with Crippen molar-refractivity contribution in [2.24, 2.45) is 11.8 Å². The minimum Gasteiger partial charge on any atom is -0.497 e. The smallest absolute Gasteiger partial charge is 0.268 e. The van der Waals surface area contributed by atoms with Crippen LogP contribution < -0.4 is 9.64 Å². The molecule has 3 aliphatic heterocycles. The molecular weight excluding hydrogens is 588 g/mol. The number of fused-ring (bicyclic) bond motifs is 3. The molecule has 3 heterocycles. The Labute approximate surface area is 276 Å². The predicted octanol–water partition coefficient (Wildman–Crippen LogP) is 6.53. The number of carbonyl (C=O) groups excluding carboxylic acids is 2. The van der Waals surface area contributed by atoms with E-state index in [4.69, 9.17) is 9.47 Å². The predicted molar refractivity (Wildman–Crippen MR) is 181 cm³/mol. The number of rotatable bonds is 7. The molecule has 3 aliphatic rings. The molecule has 1 N–H and O–H groups in total. The van der Waals surface area contributed by atoms with Crippen LogP contribution >= 0.6 is 0 Å². The fourth-order valence-electron chi connectivity index (χ4n) is 8.56. The maximum absolute atomic E-state index is 14.9. The van der Waals surface area contributed by atoms with E-state index in [9.17, 15) is 14.7 Å². The number of hydrogen-bond donors (Lipinski definition) is 1. The third kappa shape index (κ3) is 4.95. The second-order valence-corrected chi connectivity index (χ2v) is 13.7. The Bertz CT molecular complexity index is 1790. The maximum Gasteiger partial charge on any atom is 0.268 e. The number of ether oxygens (including phenoxy) is 2. The first-order chi connectivity index (χ1) is 22.7. The molecule has 7 heteroatoms. The molecule has 0 radical (unpaired) electrons. The molecule has 4 aromatic rings. The molecule has 4 aromatic carbocycles. The summed E-state index contributed by atoms with van der Waals surface area (Å²) in [6, 6.07) is 33.4. The highest BCUT2D eigenvalue weighted by molar-refractivity contribution is 6.12. The first-order valence-corrected chi connectivity index (χ1v) is 16.5. The average molecular weight is 631 g/mol. The highest BCUT2D eigenvalue weighted by Crippen LogP contribution is 2.60. The van der Waals surface area contributed by atoms with E-state index < -0.39 is 17.1 Å². The second-order valence-electron chi connectivity index (χ2n) is 13.7. The van der Waals surface area contributed by atoms with E-state index in [1.807, 2.05) is 84.9 Å². The number of hydrogen-bond acceptors (Lipinski definition) is 5. The van der Waals surface area contributed by atoms with E-state index in [1.54, 1.807) is 16.9 Å². The molecule has 0 bridgehead atoms. The Morgan fingerprint density at radius 1 is 0.936 bits per heavy atom. The van der Waals surface area contributed by atoms with Crippen molar-refractivity contribution in [3.8, 4) is 5.75 Å². The van der Waals surface area contributed by atoms with Crippen LogP contribution in [0.25, 0.3) is 0 Å².